The van der Waals surface area contributed by atoms with Crippen molar-refractivity contribution in [2.75, 3.05) is 0 Å². The van der Waals surface area contributed by atoms with E-state index in [9.17, 15) is 0 Å². The number of rotatable bonds is 4. The van der Waals surface area contributed by atoms with Crippen molar-refractivity contribution in [3.05, 3.63) is 193 Å². The third kappa shape index (κ3) is 4.68. The highest BCUT2D eigenvalue weighted by molar-refractivity contribution is 6.22. The van der Waals surface area contributed by atoms with Gasteiger partial charge in [-0.25, -0.2) is 0 Å². The first kappa shape index (κ1) is 29.7. The molecular formula is C51H36. The zero-order chi connectivity index (χ0) is 34.1. The van der Waals surface area contributed by atoms with Crippen molar-refractivity contribution in [2.24, 2.45) is 0 Å². The Bertz CT molecular complexity index is 2800. The molecule has 9 aromatic rings. The Kier molecular flexibility index (Phi) is 6.63. The molecule has 9 aromatic carbocycles. The topological polar surface area (TPSA) is 0 Å². The monoisotopic (exact) mass is 648 g/mol. The predicted molar refractivity (Wildman–Crippen MR) is 218 cm³/mol. The van der Waals surface area contributed by atoms with Crippen LogP contribution < -0.4 is 0 Å². The Morgan fingerprint density at radius 3 is 1.63 bits per heavy atom. The fourth-order valence-electron chi connectivity index (χ4n) is 8.67. The fraction of sp³-hybridized carbons (Fsp3) is 0.0588. The number of hydrogen-bond acceptors (Lipinski definition) is 0. The average Bonchev–Trinajstić information content (AvgIpc) is 3.42. The molecule has 0 spiro atoms. The Morgan fingerprint density at radius 2 is 0.824 bits per heavy atom. The van der Waals surface area contributed by atoms with Crippen molar-refractivity contribution in [2.45, 2.75) is 19.3 Å². The third-order valence-corrected chi connectivity index (χ3v) is 11.3. The van der Waals surface area contributed by atoms with Gasteiger partial charge in [0.25, 0.3) is 0 Å². The standard InChI is InChI=1S/C51H36/c1-51(2)47-19-11-10-16-41(47)42-28-26-39(32-48(42)51)38-27-29-45-46(31-38)50(40-25-22-34-14-6-7-15-37(34)30-40)44-18-9-8-17-43(44)49(45)36-23-20-35(21-24-36)33-12-4-3-5-13-33/h3-32H,1-2H3. The lowest BCUT2D eigenvalue weighted by Crippen LogP contribution is -2.14. The van der Waals surface area contributed by atoms with E-state index in [1.165, 1.54) is 99.1 Å². The molecule has 0 amide bonds. The second-order valence-electron chi connectivity index (χ2n) is 14.5. The average molecular weight is 649 g/mol. The molecule has 0 unspecified atom stereocenters. The molecule has 0 heterocycles. The molecular weight excluding hydrogens is 613 g/mol. The zero-order valence-corrected chi connectivity index (χ0v) is 28.8. The summed E-state index contributed by atoms with van der Waals surface area (Å²) in [5.74, 6) is 0. The van der Waals surface area contributed by atoms with Gasteiger partial charge in [0.2, 0.25) is 0 Å². The van der Waals surface area contributed by atoms with E-state index >= 15 is 0 Å². The minimum atomic E-state index is -0.0513. The predicted octanol–water partition coefficient (Wildman–Crippen LogP) is 14.1. The van der Waals surface area contributed by atoms with Gasteiger partial charge in [0.15, 0.2) is 0 Å². The Labute approximate surface area is 299 Å². The molecule has 240 valence electrons. The van der Waals surface area contributed by atoms with Gasteiger partial charge in [-0.1, -0.05) is 178 Å². The molecule has 0 radical (unpaired) electrons. The Balaban J connectivity index is 1.23. The van der Waals surface area contributed by atoms with Crippen LogP contribution in [-0.4, -0.2) is 0 Å². The number of benzene rings is 9. The summed E-state index contributed by atoms with van der Waals surface area (Å²) in [7, 11) is 0. The highest BCUT2D eigenvalue weighted by Gasteiger charge is 2.35. The second-order valence-corrected chi connectivity index (χ2v) is 14.5. The first-order valence-corrected chi connectivity index (χ1v) is 17.9. The molecule has 0 aliphatic heterocycles. The van der Waals surface area contributed by atoms with Crippen LogP contribution >= 0.6 is 0 Å². The van der Waals surface area contributed by atoms with E-state index < -0.39 is 0 Å². The summed E-state index contributed by atoms with van der Waals surface area (Å²) in [6, 6.07) is 67.5. The van der Waals surface area contributed by atoms with Crippen LogP contribution in [0.2, 0.25) is 0 Å². The summed E-state index contributed by atoms with van der Waals surface area (Å²) >= 11 is 0. The zero-order valence-electron chi connectivity index (χ0n) is 28.8. The van der Waals surface area contributed by atoms with Gasteiger partial charge < -0.3 is 0 Å². The van der Waals surface area contributed by atoms with E-state index in [0.717, 1.165) is 0 Å². The summed E-state index contributed by atoms with van der Waals surface area (Å²) in [5.41, 5.74) is 15.4. The summed E-state index contributed by atoms with van der Waals surface area (Å²) in [6.07, 6.45) is 0. The van der Waals surface area contributed by atoms with Crippen molar-refractivity contribution in [3.8, 4) is 55.6 Å². The van der Waals surface area contributed by atoms with Crippen LogP contribution in [-0.2, 0) is 5.41 Å². The van der Waals surface area contributed by atoms with Crippen LogP contribution in [0.4, 0.5) is 0 Å². The van der Waals surface area contributed by atoms with Crippen LogP contribution in [0.5, 0.6) is 0 Å². The van der Waals surface area contributed by atoms with Gasteiger partial charge in [-0.2, -0.15) is 0 Å². The molecule has 0 aromatic heterocycles. The third-order valence-electron chi connectivity index (χ3n) is 11.3. The van der Waals surface area contributed by atoms with Gasteiger partial charge in [0.1, 0.15) is 0 Å². The smallest absolute Gasteiger partial charge is 0.0159 e. The van der Waals surface area contributed by atoms with E-state index in [0.29, 0.717) is 0 Å². The quantitative estimate of drug-likeness (QED) is 0.167. The number of hydrogen-bond donors (Lipinski definition) is 0. The molecule has 1 aliphatic carbocycles. The molecule has 10 rings (SSSR count). The largest absolute Gasteiger partial charge is 0.0622 e. The van der Waals surface area contributed by atoms with E-state index in [1.807, 2.05) is 0 Å². The van der Waals surface area contributed by atoms with Crippen LogP contribution in [0.15, 0.2) is 182 Å². The van der Waals surface area contributed by atoms with Crippen LogP contribution in [0, 0.1) is 0 Å². The normalized spacial score (nSPS) is 13.1. The maximum atomic E-state index is 2.45. The summed E-state index contributed by atoms with van der Waals surface area (Å²) in [4.78, 5) is 0. The lowest BCUT2D eigenvalue weighted by atomic mass is 9.81. The molecule has 0 saturated heterocycles. The summed E-state index contributed by atoms with van der Waals surface area (Å²) < 4.78 is 0. The van der Waals surface area contributed by atoms with Crippen molar-refractivity contribution in [1.82, 2.24) is 0 Å². The van der Waals surface area contributed by atoms with Gasteiger partial charge in [0, 0.05) is 5.41 Å². The van der Waals surface area contributed by atoms with Gasteiger partial charge in [-0.05, 0) is 117 Å². The van der Waals surface area contributed by atoms with Gasteiger partial charge in [-0.15, -0.1) is 0 Å². The molecule has 0 saturated carbocycles. The van der Waals surface area contributed by atoms with Crippen LogP contribution in [0.1, 0.15) is 25.0 Å². The maximum Gasteiger partial charge on any atom is 0.0159 e. The van der Waals surface area contributed by atoms with Crippen molar-refractivity contribution < 1.29 is 0 Å². The molecule has 51 heavy (non-hydrogen) atoms. The van der Waals surface area contributed by atoms with Crippen LogP contribution in [0.3, 0.4) is 0 Å². The van der Waals surface area contributed by atoms with Gasteiger partial charge in [-0.3, -0.25) is 0 Å². The number of fused-ring (bicyclic) bond motifs is 6. The van der Waals surface area contributed by atoms with Crippen molar-refractivity contribution in [3.63, 3.8) is 0 Å². The lowest BCUT2D eigenvalue weighted by molar-refractivity contribution is 0.660. The second kappa shape index (κ2) is 11.4. The summed E-state index contributed by atoms with van der Waals surface area (Å²) in [6.45, 7) is 4.72. The summed E-state index contributed by atoms with van der Waals surface area (Å²) in [5, 5.41) is 7.58. The minimum Gasteiger partial charge on any atom is -0.0622 e. The molecule has 0 atom stereocenters. The highest BCUT2D eigenvalue weighted by Crippen LogP contribution is 2.50. The minimum absolute atomic E-state index is 0.0513. The molecule has 1 aliphatic rings. The van der Waals surface area contributed by atoms with Crippen molar-refractivity contribution in [1.29, 1.82) is 0 Å². The molecule has 0 bridgehead atoms. The van der Waals surface area contributed by atoms with E-state index in [2.05, 4.69) is 196 Å². The van der Waals surface area contributed by atoms with Crippen molar-refractivity contribution >= 4 is 32.3 Å². The SMILES string of the molecule is CC1(C)c2ccccc2-c2ccc(-c3ccc4c(-c5ccc(-c6ccccc6)cc5)c5ccccc5c(-c5ccc6ccccc6c5)c4c3)cc21. The Hall–Kier alpha value is -6.24. The maximum absolute atomic E-state index is 2.45. The van der Waals surface area contributed by atoms with E-state index in [4.69, 9.17) is 0 Å². The molecule has 0 N–H and O–H groups in total. The van der Waals surface area contributed by atoms with E-state index in [1.54, 1.807) is 0 Å². The molecule has 0 nitrogen and oxygen atoms in total. The van der Waals surface area contributed by atoms with Crippen LogP contribution in [0.25, 0.3) is 88.0 Å². The molecule has 0 heteroatoms. The van der Waals surface area contributed by atoms with Gasteiger partial charge in [0.05, 0.1) is 0 Å². The first-order valence-electron chi connectivity index (χ1n) is 17.9. The lowest BCUT2D eigenvalue weighted by Gasteiger charge is -2.22. The highest BCUT2D eigenvalue weighted by atomic mass is 14.4. The Morgan fingerprint density at radius 1 is 0.294 bits per heavy atom. The van der Waals surface area contributed by atoms with E-state index in [-0.39, 0.29) is 5.41 Å². The molecule has 0 fully saturated rings. The fourth-order valence-corrected chi connectivity index (χ4v) is 8.67. The van der Waals surface area contributed by atoms with Gasteiger partial charge >= 0.3 is 0 Å². The first-order chi connectivity index (χ1) is 25.0.